The van der Waals surface area contributed by atoms with Crippen molar-refractivity contribution in [1.29, 1.82) is 0 Å². The van der Waals surface area contributed by atoms with Gasteiger partial charge in [-0.05, 0) is 24.5 Å². The van der Waals surface area contributed by atoms with Crippen LogP contribution >= 0.6 is 0 Å². The fourth-order valence-electron chi connectivity index (χ4n) is 2.68. The van der Waals surface area contributed by atoms with Gasteiger partial charge in [0, 0.05) is 23.9 Å². The molecular weight excluding hydrogens is 297 g/mol. The second-order valence-electron chi connectivity index (χ2n) is 5.56. The molecule has 1 aliphatic rings. The molecule has 3 N–H and O–H groups in total. The highest BCUT2D eigenvalue weighted by atomic mass is 19.1. The molecule has 3 rings (SSSR count). The summed E-state index contributed by atoms with van der Waals surface area (Å²) in [6.07, 6.45) is 3.27. The second kappa shape index (κ2) is 6.75. The van der Waals surface area contributed by atoms with Crippen LogP contribution in [0, 0.1) is 5.82 Å². The number of halogens is 1. The minimum absolute atomic E-state index is 0.0700. The molecular formula is C17H18FN3O2. The highest BCUT2D eigenvalue weighted by Crippen LogP contribution is 2.26. The third-order valence-corrected chi connectivity index (χ3v) is 3.98. The van der Waals surface area contributed by atoms with Crippen LogP contribution in [0.2, 0.25) is 0 Å². The van der Waals surface area contributed by atoms with Crippen molar-refractivity contribution in [2.24, 2.45) is 5.73 Å². The van der Waals surface area contributed by atoms with Crippen molar-refractivity contribution in [3.8, 4) is 5.88 Å². The van der Waals surface area contributed by atoms with Gasteiger partial charge in [0.15, 0.2) is 0 Å². The average molecular weight is 315 g/mol. The summed E-state index contributed by atoms with van der Waals surface area (Å²) in [5, 5.41) is 3.19. The van der Waals surface area contributed by atoms with Gasteiger partial charge >= 0.3 is 0 Å². The van der Waals surface area contributed by atoms with Crippen LogP contribution in [-0.4, -0.2) is 16.9 Å². The lowest BCUT2D eigenvalue weighted by molar-refractivity contribution is -0.119. The summed E-state index contributed by atoms with van der Waals surface area (Å²) in [4.78, 5) is 15.4. The van der Waals surface area contributed by atoms with Crippen molar-refractivity contribution in [1.82, 2.24) is 10.3 Å². The van der Waals surface area contributed by atoms with Gasteiger partial charge in [0.2, 0.25) is 11.8 Å². The number of ether oxygens (including phenoxy) is 1. The zero-order valence-corrected chi connectivity index (χ0v) is 12.5. The summed E-state index contributed by atoms with van der Waals surface area (Å²) in [6.45, 7) is 0.129. The first-order valence-corrected chi connectivity index (χ1v) is 7.51. The summed E-state index contributed by atoms with van der Waals surface area (Å²) < 4.78 is 19.0. The van der Waals surface area contributed by atoms with Crippen LogP contribution in [0.25, 0.3) is 0 Å². The number of benzene rings is 1. The summed E-state index contributed by atoms with van der Waals surface area (Å²) in [5.74, 6) is -0.191. The number of aromatic nitrogens is 1. The average Bonchev–Trinajstić information content (AvgIpc) is 3.05. The number of amides is 1. The number of rotatable bonds is 5. The molecule has 2 heterocycles. The summed E-state index contributed by atoms with van der Waals surface area (Å²) in [6, 6.07) is 9.91. The third kappa shape index (κ3) is 3.65. The van der Waals surface area contributed by atoms with Crippen LogP contribution in [0.4, 0.5) is 4.39 Å². The number of nitrogens with zero attached hydrogens (tertiary/aromatic N) is 1. The maximum absolute atomic E-state index is 13.5. The molecule has 1 aromatic heterocycles. The van der Waals surface area contributed by atoms with E-state index >= 15 is 0 Å². The molecule has 0 aliphatic carbocycles. The van der Waals surface area contributed by atoms with E-state index in [1.807, 2.05) is 6.07 Å². The fraction of sp³-hybridized carbons (Fsp3) is 0.294. The van der Waals surface area contributed by atoms with Gasteiger partial charge in [0.05, 0.1) is 6.04 Å². The Hall–Kier alpha value is -2.47. The largest absolute Gasteiger partial charge is 0.473 e. The Kier molecular flexibility index (Phi) is 4.52. The Morgan fingerprint density at radius 2 is 2.13 bits per heavy atom. The van der Waals surface area contributed by atoms with Crippen LogP contribution in [0.5, 0.6) is 5.88 Å². The molecule has 0 radical (unpaired) electrons. The Balaban J connectivity index is 1.59. The smallest absolute Gasteiger partial charge is 0.234 e. The first-order chi connectivity index (χ1) is 11.1. The number of primary amides is 1. The van der Waals surface area contributed by atoms with Gasteiger partial charge in [-0.1, -0.05) is 24.3 Å². The Bertz CT molecular complexity index is 690. The predicted octanol–water partition coefficient (Wildman–Crippen LogP) is 2.08. The van der Waals surface area contributed by atoms with E-state index < -0.39 is 0 Å². The Morgan fingerprint density at radius 3 is 2.78 bits per heavy atom. The molecule has 2 unspecified atom stereocenters. The topological polar surface area (TPSA) is 77.2 Å². The van der Waals surface area contributed by atoms with Crippen molar-refractivity contribution in [2.75, 3.05) is 0 Å². The molecule has 1 saturated heterocycles. The van der Waals surface area contributed by atoms with Crippen molar-refractivity contribution in [3.63, 3.8) is 0 Å². The summed E-state index contributed by atoms with van der Waals surface area (Å²) >= 11 is 0. The van der Waals surface area contributed by atoms with E-state index in [0.717, 1.165) is 18.4 Å². The highest BCUT2D eigenvalue weighted by molar-refractivity contribution is 5.80. The fourth-order valence-corrected chi connectivity index (χ4v) is 2.68. The summed E-state index contributed by atoms with van der Waals surface area (Å²) in [7, 11) is 0. The van der Waals surface area contributed by atoms with Crippen molar-refractivity contribution < 1.29 is 13.9 Å². The molecule has 23 heavy (non-hydrogen) atoms. The third-order valence-electron chi connectivity index (χ3n) is 3.98. The molecule has 6 heteroatoms. The van der Waals surface area contributed by atoms with Crippen LogP contribution < -0.4 is 15.8 Å². The zero-order valence-electron chi connectivity index (χ0n) is 12.5. The van der Waals surface area contributed by atoms with Gasteiger partial charge in [-0.3, -0.25) is 10.1 Å². The van der Waals surface area contributed by atoms with Crippen molar-refractivity contribution >= 4 is 5.91 Å². The molecule has 0 bridgehead atoms. The van der Waals surface area contributed by atoms with Gasteiger partial charge in [0.1, 0.15) is 12.4 Å². The first kappa shape index (κ1) is 15.4. The molecule has 0 saturated carbocycles. The van der Waals surface area contributed by atoms with Crippen LogP contribution in [-0.2, 0) is 11.4 Å². The van der Waals surface area contributed by atoms with Crippen LogP contribution in [0.3, 0.4) is 0 Å². The molecule has 1 amide bonds. The van der Waals surface area contributed by atoms with E-state index in [9.17, 15) is 9.18 Å². The minimum atomic E-state index is -0.328. The van der Waals surface area contributed by atoms with E-state index in [1.165, 1.54) is 6.07 Å². The number of carbonyl (C=O) groups excluding carboxylic acids is 1. The quantitative estimate of drug-likeness (QED) is 0.885. The van der Waals surface area contributed by atoms with E-state index in [4.69, 9.17) is 10.5 Å². The number of pyridine rings is 1. The molecule has 5 nitrogen and oxygen atoms in total. The predicted molar refractivity (Wildman–Crippen MR) is 83.1 cm³/mol. The Morgan fingerprint density at radius 1 is 1.30 bits per heavy atom. The van der Waals surface area contributed by atoms with Gasteiger partial charge in [-0.25, -0.2) is 9.37 Å². The minimum Gasteiger partial charge on any atom is -0.473 e. The van der Waals surface area contributed by atoms with E-state index in [0.29, 0.717) is 11.4 Å². The molecule has 120 valence electrons. The maximum Gasteiger partial charge on any atom is 0.234 e. The second-order valence-corrected chi connectivity index (χ2v) is 5.56. The molecule has 2 atom stereocenters. The Labute approximate surface area is 133 Å². The normalized spacial score (nSPS) is 20.4. The molecule has 2 aromatic rings. The lowest BCUT2D eigenvalue weighted by atomic mass is 10.1. The standard InChI is InChI=1S/C17H18FN3O2/c18-13-4-2-1-3-12(13)10-23-16-8-5-11(9-20-16)14-6-7-15(21-14)17(19)22/h1-5,8-9,14-15,21H,6-7,10H2,(H2,19,22). The lowest BCUT2D eigenvalue weighted by Crippen LogP contribution is -2.37. The zero-order chi connectivity index (χ0) is 16.2. The number of nitrogens with two attached hydrogens (primary N) is 1. The highest BCUT2D eigenvalue weighted by Gasteiger charge is 2.28. The van der Waals surface area contributed by atoms with Gasteiger partial charge < -0.3 is 10.5 Å². The van der Waals surface area contributed by atoms with Crippen LogP contribution in [0.1, 0.15) is 30.0 Å². The van der Waals surface area contributed by atoms with Crippen LogP contribution in [0.15, 0.2) is 42.6 Å². The number of carbonyl (C=O) groups is 1. The first-order valence-electron chi connectivity index (χ1n) is 7.51. The summed E-state index contributed by atoms with van der Waals surface area (Å²) in [5.41, 5.74) is 6.77. The van der Waals surface area contributed by atoms with Gasteiger partial charge in [-0.15, -0.1) is 0 Å². The SMILES string of the molecule is NC(=O)C1CCC(c2ccc(OCc3ccccc3F)nc2)N1. The number of hydrogen-bond acceptors (Lipinski definition) is 4. The van der Waals surface area contributed by atoms with E-state index in [1.54, 1.807) is 30.5 Å². The number of hydrogen-bond donors (Lipinski definition) is 2. The molecule has 0 spiro atoms. The van der Waals surface area contributed by atoms with Gasteiger partial charge in [0.25, 0.3) is 0 Å². The van der Waals surface area contributed by atoms with Crippen molar-refractivity contribution in [3.05, 3.63) is 59.5 Å². The molecule has 1 aliphatic heterocycles. The van der Waals surface area contributed by atoms with Crippen molar-refractivity contribution in [2.45, 2.75) is 31.5 Å². The maximum atomic E-state index is 13.5. The molecule has 1 aromatic carbocycles. The number of nitrogens with one attached hydrogen (secondary N) is 1. The van der Waals surface area contributed by atoms with Gasteiger partial charge in [-0.2, -0.15) is 0 Å². The molecule has 1 fully saturated rings. The monoisotopic (exact) mass is 315 g/mol. The van der Waals surface area contributed by atoms with E-state index in [2.05, 4.69) is 10.3 Å². The van der Waals surface area contributed by atoms with E-state index in [-0.39, 0.29) is 30.4 Å². The lowest BCUT2D eigenvalue weighted by Gasteiger charge is -2.13.